The first-order valence-electron chi connectivity index (χ1n) is 6.00. The van der Waals surface area contributed by atoms with Crippen LogP contribution in [-0.4, -0.2) is 38.8 Å². The van der Waals surface area contributed by atoms with Crippen LogP contribution in [0.3, 0.4) is 0 Å². The summed E-state index contributed by atoms with van der Waals surface area (Å²) in [7, 11) is 1.92. The van der Waals surface area contributed by atoms with Crippen LogP contribution in [0.4, 0.5) is 0 Å². The number of rotatable bonds is 7. The average molecular weight is 257 g/mol. The van der Waals surface area contributed by atoms with Gasteiger partial charge in [0.15, 0.2) is 0 Å². The molecule has 0 bridgehead atoms. The van der Waals surface area contributed by atoms with Crippen LogP contribution in [0, 0.1) is 0 Å². The molecule has 1 aromatic heterocycles. The third-order valence-electron chi connectivity index (χ3n) is 2.71. The number of aliphatic hydroxyl groups is 1. The van der Waals surface area contributed by atoms with Gasteiger partial charge in [0.05, 0.1) is 12.8 Å². The lowest BCUT2D eigenvalue weighted by molar-refractivity contribution is 0.168. The molecule has 2 N–H and O–H groups in total. The first-order valence-corrected chi connectivity index (χ1v) is 6.88. The van der Waals surface area contributed by atoms with Gasteiger partial charge in [0.2, 0.25) is 0 Å². The minimum atomic E-state index is -0.191. The van der Waals surface area contributed by atoms with E-state index in [1.165, 1.54) is 4.90 Å². The number of aryl methyl sites for hydroxylation is 1. The Bertz CT molecular complexity index is 342. The first-order chi connectivity index (χ1) is 7.99. The monoisotopic (exact) mass is 257 g/mol. The van der Waals surface area contributed by atoms with E-state index in [0.717, 1.165) is 13.0 Å². The summed E-state index contributed by atoms with van der Waals surface area (Å²) in [6.45, 7) is 7.35. The van der Waals surface area contributed by atoms with E-state index in [4.69, 9.17) is 0 Å². The summed E-state index contributed by atoms with van der Waals surface area (Å²) < 4.78 is 1.81. The zero-order valence-corrected chi connectivity index (χ0v) is 11.9. The maximum absolute atomic E-state index is 9.45. The molecule has 4 nitrogen and oxygen atoms in total. The van der Waals surface area contributed by atoms with Crippen molar-refractivity contribution in [3.05, 3.63) is 12.4 Å². The van der Waals surface area contributed by atoms with Crippen LogP contribution in [-0.2, 0) is 7.05 Å². The zero-order chi connectivity index (χ0) is 12.9. The number of hydrogen-bond acceptors (Lipinski definition) is 4. The molecule has 1 aromatic rings. The zero-order valence-electron chi connectivity index (χ0n) is 11.1. The smallest absolute Gasteiger partial charge is 0.0625 e. The van der Waals surface area contributed by atoms with Crippen molar-refractivity contribution in [2.24, 2.45) is 7.05 Å². The number of hydrogen-bond donors (Lipinski definition) is 2. The molecule has 2 unspecified atom stereocenters. The predicted octanol–water partition coefficient (Wildman–Crippen LogP) is 1.65. The van der Waals surface area contributed by atoms with Crippen molar-refractivity contribution in [2.45, 2.75) is 42.9 Å². The van der Waals surface area contributed by atoms with Gasteiger partial charge in [-0.25, -0.2) is 0 Å². The van der Waals surface area contributed by atoms with Crippen molar-refractivity contribution < 1.29 is 5.11 Å². The van der Waals surface area contributed by atoms with E-state index in [-0.39, 0.29) is 12.1 Å². The SMILES string of the molecule is CCNC(C)(CO)CC(C)Sc1cnn(C)c1. The molecule has 98 valence electrons. The van der Waals surface area contributed by atoms with Gasteiger partial charge in [0.25, 0.3) is 0 Å². The van der Waals surface area contributed by atoms with E-state index in [9.17, 15) is 5.11 Å². The molecule has 0 amide bonds. The van der Waals surface area contributed by atoms with E-state index in [1.807, 2.05) is 24.1 Å². The first kappa shape index (κ1) is 14.5. The van der Waals surface area contributed by atoms with Gasteiger partial charge in [0.1, 0.15) is 0 Å². The molecule has 0 saturated carbocycles. The molecule has 0 aliphatic rings. The second-order valence-electron chi connectivity index (χ2n) is 4.73. The van der Waals surface area contributed by atoms with Gasteiger partial charge in [-0.1, -0.05) is 13.8 Å². The van der Waals surface area contributed by atoms with Crippen LogP contribution in [0.5, 0.6) is 0 Å². The highest BCUT2D eigenvalue weighted by Gasteiger charge is 2.25. The van der Waals surface area contributed by atoms with E-state index >= 15 is 0 Å². The normalized spacial score (nSPS) is 16.8. The molecule has 0 aliphatic carbocycles. The van der Waals surface area contributed by atoms with Gasteiger partial charge in [-0.2, -0.15) is 5.10 Å². The Morgan fingerprint density at radius 1 is 1.65 bits per heavy atom. The standard InChI is InChI=1S/C12H23N3OS/c1-5-13-12(3,9-16)6-10(2)17-11-7-14-15(4)8-11/h7-8,10,13,16H,5-6,9H2,1-4H3. The highest BCUT2D eigenvalue weighted by atomic mass is 32.2. The summed E-state index contributed by atoms with van der Waals surface area (Å²) in [5.41, 5.74) is -0.191. The fraction of sp³-hybridized carbons (Fsp3) is 0.750. The van der Waals surface area contributed by atoms with Gasteiger partial charge in [-0.3, -0.25) is 4.68 Å². The van der Waals surface area contributed by atoms with Crippen LogP contribution in [0.2, 0.25) is 0 Å². The molecule has 5 heteroatoms. The van der Waals surface area contributed by atoms with E-state index in [0.29, 0.717) is 5.25 Å². The van der Waals surface area contributed by atoms with Gasteiger partial charge >= 0.3 is 0 Å². The lowest BCUT2D eigenvalue weighted by Crippen LogP contribution is -2.47. The van der Waals surface area contributed by atoms with Gasteiger partial charge in [-0.15, -0.1) is 11.8 Å². The number of thioether (sulfide) groups is 1. The summed E-state index contributed by atoms with van der Waals surface area (Å²) in [5, 5.41) is 17.4. The number of aliphatic hydroxyl groups excluding tert-OH is 1. The maximum Gasteiger partial charge on any atom is 0.0625 e. The number of nitrogens with one attached hydrogen (secondary N) is 1. The topological polar surface area (TPSA) is 50.1 Å². The quantitative estimate of drug-likeness (QED) is 0.729. The Balaban J connectivity index is 2.50. The summed E-state index contributed by atoms with van der Waals surface area (Å²) in [5.74, 6) is 0. The van der Waals surface area contributed by atoms with E-state index in [1.54, 1.807) is 11.8 Å². The van der Waals surface area contributed by atoms with Gasteiger partial charge in [-0.05, 0) is 19.9 Å². The molecule has 0 saturated heterocycles. The minimum Gasteiger partial charge on any atom is -0.394 e. The van der Waals surface area contributed by atoms with Crippen LogP contribution in [0.15, 0.2) is 17.3 Å². The van der Waals surface area contributed by atoms with E-state index in [2.05, 4.69) is 31.2 Å². The molecule has 0 radical (unpaired) electrons. The van der Waals surface area contributed by atoms with Gasteiger partial charge < -0.3 is 10.4 Å². The highest BCUT2D eigenvalue weighted by molar-refractivity contribution is 7.99. The lowest BCUT2D eigenvalue weighted by Gasteiger charge is -2.30. The number of likely N-dealkylation sites (N-methyl/N-ethyl adjacent to an activating group) is 1. The molecule has 1 heterocycles. The molecule has 0 aliphatic heterocycles. The van der Waals surface area contributed by atoms with Crippen molar-refractivity contribution in [1.82, 2.24) is 15.1 Å². The van der Waals surface area contributed by atoms with Crippen molar-refractivity contribution in [1.29, 1.82) is 0 Å². The Hall–Kier alpha value is -0.520. The maximum atomic E-state index is 9.45. The summed E-state index contributed by atoms with van der Waals surface area (Å²) in [6.07, 6.45) is 4.83. The third kappa shape index (κ3) is 4.69. The van der Waals surface area contributed by atoms with Crippen LogP contribution >= 0.6 is 11.8 Å². The number of aromatic nitrogens is 2. The van der Waals surface area contributed by atoms with Crippen molar-refractivity contribution in [3.63, 3.8) is 0 Å². The number of nitrogens with zero attached hydrogens (tertiary/aromatic N) is 2. The van der Waals surface area contributed by atoms with Crippen LogP contribution in [0.25, 0.3) is 0 Å². The van der Waals surface area contributed by atoms with Gasteiger partial charge in [0, 0.05) is 28.9 Å². The van der Waals surface area contributed by atoms with Crippen molar-refractivity contribution in [3.8, 4) is 0 Å². The minimum absolute atomic E-state index is 0.165. The lowest BCUT2D eigenvalue weighted by atomic mass is 9.97. The second-order valence-corrected chi connectivity index (χ2v) is 6.24. The summed E-state index contributed by atoms with van der Waals surface area (Å²) in [4.78, 5) is 1.18. The predicted molar refractivity (Wildman–Crippen MR) is 72.3 cm³/mol. The summed E-state index contributed by atoms with van der Waals surface area (Å²) >= 11 is 1.80. The second kappa shape index (κ2) is 6.42. The van der Waals surface area contributed by atoms with Crippen molar-refractivity contribution in [2.75, 3.05) is 13.2 Å². The Kier molecular flexibility index (Phi) is 5.49. The summed E-state index contributed by atoms with van der Waals surface area (Å²) in [6, 6.07) is 0. The third-order valence-corrected chi connectivity index (χ3v) is 3.76. The molecular formula is C12H23N3OS. The Morgan fingerprint density at radius 3 is 2.82 bits per heavy atom. The molecule has 0 aromatic carbocycles. The fourth-order valence-electron chi connectivity index (χ4n) is 1.99. The van der Waals surface area contributed by atoms with Crippen molar-refractivity contribution >= 4 is 11.8 Å². The molecule has 2 atom stereocenters. The molecule has 0 spiro atoms. The molecule has 0 fully saturated rings. The molecular weight excluding hydrogens is 234 g/mol. The average Bonchev–Trinajstić information content (AvgIpc) is 2.64. The van der Waals surface area contributed by atoms with Crippen LogP contribution < -0.4 is 5.32 Å². The molecule has 1 rings (SSSR count). The largest absolute Gasteiger partial charge is 0.394 e. The molecule has 17 heavy (non-hydrogen) atoms. The highest BCUT2D eigenvalue weighted by Crippen LogP contribution is 2.28. The van der Waals surface area contributed by atoms with E-state index < -0.39 is 0 Å². The Morgan fingerprint density at radius 2 is 2.35 bits per heavy atom. The van der Waals surface area contributed by atoms with Crippen LogP contribution in [0.1, 0.15) is 27.2 Å². The fourth-order valence-corrected chi connectivity index (χ4v) is 3.22. The Labute approximate surface area is 108 Å².